The van der Waals surface area contributed by atoms with Crippen molar-refractivity contribution in [2.45, 2.75) is 12.5 Å². The lowest BCUT2D eigenvalue weighted by molar-refractivity contribution is 0.0284. The van der Waals surface area contributed by atoms with Crippen LogP contribution < -0.4 is 4.74 Å². The van der Waals surface area contributed by atoms with Gasteiger partial charge >= 0.3 is 5.97 Å². The Balaban J connectivity index is 2.83. The standard InChI is InChI=1S/C14H14O3/c1-5-14(3,6-2)17-13(15)11-7-9-12(16-4)10-8-11/h1,6-10H,2H2,3-4H3. The Bertz CT molecular complexity index is 453. The second kappa shape index (κ2) is 5.22. The van der Waals surface area contributed by atoms with E-state index in [0.29, 0.717) is 11.3 Å². The maximum atomic E-state index is 11.8. The molecule has 1 aromatic rings. The van der Waals surface area contributed by atoms with Crippen LogP contribution in [0.25, 0.3) is 0 Å². The number of hydrogen-bond donors (Lipinski definition) is 0. The van der Waals surface area contributed by atoms with E-state index in [1.165, 1.54) is 6.08 Å². The molecule has 0 aromatic heterocycles. The highest BCUT2D eigenvalue weighted by Gasteiger charge is 2.22. The molecular weight excluding hydrogens is 216 g/mol. The third-order valence-corrected chi connectivity index (χ3v) is 2.31. The molecule has 0 saturated heterocycles. The summed E-state index contributed by atoms with van der Waals surface area (Å²) >= 11 is 0. The van der Waals surface area contributed by atoms with Crippen molar-refractivity contribution in [2.75, 3.05) is 7.11 Å². The van der Waals surface area contributed by atoms with Gasteiger partial charge in [0.05, 0.1) is 12.7 Å². The molecule has 0 saturated carbocycles. The molecule has 0 amide bonds. The average molecular weight is 230 g/mol. The Labute approximate surface area is 101 Å². The van der Waals surface area contributed by atoms with E-state index >= 15 is 0 Å². The molecule has 0 fully saturated rings. The van der Waals surface area contributed by atoms with Gasteiger partial charge in [-0.1, -0.05) is 12.5 Å². The minimum absolute atomic E-state index is 0.411. The fraction of sp³-hybridized carbons (Fsp3) is 0.214. The van der Waals surface area contributed by atoms with Crippen molar-refractivity contribution >= 4 is 5.97 Å². The van der Waals surface area contributed by atoms with Gasteiger partial charge in [-0.2, -0.15) is 0 Å². The van der Waals surface area contributed by atoms with Crippen molar-refractivity contribution in [2.24, 2.45) is 0 Å². The van der Waals surface area contributed by atoms with Gasteiger partial charge in [0, 0.05) is 0 Å². The third-order valence-electron chi connectivity index (χ3n) is 2.31. The van der Waals surface area contributed by atoms with Crippen LogP contribution in [0.15, 0.2) is 36.9 Å². The van der Waals surface area contributed by atoms with Crippen molar-refractivity contribution in [1.29, 1.82) is 0 Å². The van der Waals surface area contributed by atoms with Crippen molar-refractivity contribution < 1.29 is 14.3 Å². The molecule has 0 bridgehead atoms. The summed E-state index contributed by atoms with van der Waals surface area (Å²) in [6.45, 7) is 5.14. The third kappa shape index (κ3) is 3.12. The van der Waals surface area contributed by atoms with Crippen LogP contribution in [0.1, 0.15) is 17.3 Å². The van der Waals surface area contributed by atoms with Crippen LogP contribution in [0.5, 0.6) is 5.75 Å². The lowest BCUT2D eigenvalue weighted by atomic mass is 10.1. The van der Waals surface area contributed by atoms with Crippen LogP contribution >= 0.6 is 0 Å². The zero-order valence-electron chi connectivity index (χ0n) is 9.90. The number of ether oxygens (including phenoxy) is 2. The van der Waals surface area contributed by atoms with Crippen LogP contribution in [-0.2, 0) is 4.74 Å². The van der Waals surface area contributed by atoms with Crippen LogP contribution in [0.3, 0.4) is 0 Å². The van der Waals surface area contributed by atoms with Gasteiger partial charge in [0.15, 0.2) is 5.60 Å². The molecular formula is C14H14O3. The number of methoxy groups -OCH3 is 1. The second-order valence-corrected chi connectivity index (χ2v) is 3.57. The first-order chi connectivity index (χ1) is 8.04. The van der Waals surface area contributed by atoms with Gasteiger partial charge in [-0.3, -0.25) is 0 Å². The minimum atomic E-state index is -1.09. The minimum Gasteiger partial charge on any atom is -0.497 e. The highest BCUT2D eigenvalue weighted by Crippen LogP contribution is 2.16. The van der Waals surface area contributed by atoms with E-state index in [2.05, 4.69) is 12.5 Å². The monoisotopic (exact) mass is 230 g/mol. The molecule has 1 atom stereocenters. The number of rotatable bonds is 4. The van der Waals surface area contributed by atoms with Crippen molar-refractivity contribution in [3.8, 4) is 18.1 Å². The SMILES string of the molecule is C#CC(C)(C=C)OC(=O)c1ccc(OC)cc1. The fourth-order valence-corrected chi connectivity index (χ4v) is 1.11. The normalized spacial score (nSPS) is 13.0. The fourth-order valence-electron chi connectivity index (χ4n) is 1.11. The predicted molar refractivity (Wildman–Crippen MR) is 65.8 cm³/mol. The summed E-state index contributed by atoms with van der Waals surface area (Å²) in [4.78, 5) is 11.8. The van der Waals surface area contributed by atoms with E-state index in [4.69, 9.17) is 15.9 Å². The van der Waals surface area contributed by atoms with Gasteiger partial charge in [0.2, 0.25) is 0 Å². The topological polar surface area (TPSA) is 35.5 Å². The first-order valence-corrected chi connectivity index (χ1v) is 5.03. The van der Waals surface area contributed by atoms with Crippen LogP contribution in [0, 0.1) is 12.3 Å². The molecule has 88 valence electrons. The molecule has 1 rings (SSSR count). The lowest BCUT2D eigenvalue weighted by Crippen LogP contribution is -2.27. The summed E-state index contributed by atoms with van der Waals surface area (Å²) in [5, 5.41) is 0. The Hall–Kier alpha value is -2.21. The van der Waals surface area contributed by atoms with Crippen molar-refractivity contribution in [1.82, 2.24) is 0 Å². The molecule has 17 heavy (non-hydrogen) atoms. The number of carbonyl (C=O) groups excluding carboxylic acids is 1. The number of carbonyl (C=O) groups is 1. The Kier molecular flexibility index (Phi) is 3.95. The summed E-state index contributed by atoms with van der Waals surface area (Å²) in [6.07, 6.45) is 6.68. The molecule has 1 aromatic carbocycles. The molecule has 3 heteroatoms. The molecule has 0 heterocycles. The van der Waals surface area contributed by atoms with E-state index in [9.17, 15) is 4.79 Å². The van der Waals surface area contributed by atoms with E-state index in [1.54, 1.807) is 38.3 Å². The predicted octanol–water partition coefficient (Wildman–Crippen LogP) is 2.43. The van der Waals surface area contributed by atoms with Crippen LogP contribution in [-0.4, -0.2) is 18.7 Å². The summed E-state index contributed by atoms with van der Waals surface area (Å²) in [5.41, 5.74) is -0.675. The van der Waals surface area contributed by atoms with Crippen molar-refractivity contribution in [3.63, 3.8) is 0 Å². The number of hydrogen-bond acceptors (Lipinski definition) is 3. The van der Waals surface area contributed by atoms with Gasteiger partial charge in [0.25, 0.3) is 0 Å². The largest absolute Gasteiger partial charge is 0.497 e. The average Bonchev–Trinajstić information content (AvgIpc) is 2.38. The summed E-state index contributed by atoms with van der Waals surface area (Å²) in [6, 6.07) is 6.58. The van der Waals surface area contributed by atoms with E-state index in [1.807, 2.05) is 0 Å². The molecule has 0 N–H and O–H groups in total. The van der Waals surface area contributed by atoms with E-state index in [-0.39, 0.29) is 0 Å². The molecule has 0 aliphatic rings. The summed E-state index contributed by atoms with van der Waals surface area (Å²) in [5.74, 6) is 2.54. The Morgan fingerprint density at radius 2 is 2.06 bits per heavy atom. The molecule has 1 unspecified atom stereocenters. The highest BCUT2D eigenvalue weighted by molar-refractivity contribution is 5.90. The molecule has 0 aliphatic heterocycles. The van der Waals surface area contributed by atoms with Gasteiger partial charge in [-0.25, -0.2) is 4.79 Å². The van der Waals surface area contributed by atoms with Crippen molar-refractivity contribution in [3.05, 3.63) is 42.5 Å². The maximum absolute atomic E-state index is 11.8. The number of terminal acetylenes is 1. The van der Waals surface area contributed by atoms with Gasteiger partial charge < -0.3 is 9.47 Å². The maximum Gasteiger partial charge on any atom is 0.339 e. The number of benzene rings is 1. The number of esters is 1. The van der Waals surface area contributed by atoms with Gasteiger partial charge in [0.1, 0.15) is 5.75 Å². The zero-order valence-corrected chi connectivity index (χ0v) is 9.90. The van der Waals surface area contributed by atoms with E-state index < -0.39 is 11.6 Å². The molecule has 0 spiro atoms. The Morgan fingerprint density at radius 3 is 2.47 bits per heavy atom. The smallest absolute Gasteiger partial charge is 0.339 e. The first-order valence-electron chi connectivity index (χ1n) is 5.03. The van der Waals surface area contributed by atoms with Gasteiger partial charge in [-0.05, 0) is 37.3 Å². The summed E-state index contributed by atoms with van der Waals surface area (Å²) in [7, 11) is 1.56. The lowest BCUT2D eigenvalue weighted by Gasteiger charge is -2.19. The quantitative estimate of drug-likeness (QED) is 0.452. The van der Waals surface area contributed by atoms with Crippen LogP contribution in [0.4, 0.5) is 0 Å². The summed E-state index contributed by atoms with van der Waals surface area (Å²) < 4.78 is 10.2. The molecule has 3 nitrogen and oxygen atoms in total. The highest BCUT2D eigenvalue weighted by atomic mass is 16.6. The Morgan fingerprint density at radius 1 is 1.47 bits per heavy atom. The molecule has 0 radical (unpaired) electrons. The van der Waals surface area contributed by atoms with E-state index in [0.717, 1.165) is 0 Å². The zero-order chi connectivity index (χ0) is 12.9. The second-order valence-electron chi connectivity index (χ2n) is 3.57. The van der Waals surface area contributed by atoms with Crippen LogP contribution in [0.2, 0.25) is 0 Å². The molecule has 0 aliphatic carbocycles. The van der Waals surface area contributed by atoms with Gasteiger partial charge in [-0.15, -0.1) is 6.42 Å². The first kappa shape index (κ1) is 12.9.